The Bertz CT molecular complexity index is 561. The van der Waals surface area contributed by atoms with Crippen LogP contribution in [0.4, 0.5) is 13.2 Å². The van der Waals surface area contributed by atoms with Gasteiger partial charge in [-0.05, 0) is 48.9 Å². The molecule has 1 atom stereocenters. The fourth-order valence-corrected chi connectivity index (χ4v) is 1.99. The van der Waals surface area contributed by atoms with E-state index >= 15 is 0 Å². The quantitative estimate of drug-likeness (QED) is 0.703. The molecule has 2 rings (SSSR count). The Balaban J connectivity index is 2.08. The molecule has 0 aliphatic heterocycles. The summed E-state index contributed by atoms with van der Waals surface area (Å²) in [5.41, 5.74) is 0.272. The lowest BCUT2D eigenvalue weighted by Crippen LogP contribution is -2.06. The number of benzene rings is 2. The van der Waals surface area contributed by atoms with E-state index < -0.39 is 11.7 Å². The first-order valence-corrected chi connectivity index (χ1v) is 6.75. The molecule has 0 saturated carbocycles. The molecule has 1 nitrogen and oxygen atoms in total. The molecular formula is C15H12BrF3O. The van der Waals surface area contributed by atoms with Crippen molar-refractivity contribution in [2.45, 2.75) is 19.2 Å². The van der Waals surface area contributed by atoms with Gasteiger partial charge in [0.25, 0.3) is 0 Å². The number of hydrogen-bond donors (Lipinski definition) is 0. The second kappa shape index (κ2) is 5.87. The second-order valence-electron chi connectivity index (χ2n) is 4.33. The topological polar surface area (TPSA) is 9.23 Å². The molecule has 2 aromatic carbocycles. The van der Waals surface area contributed by atoms with E-state index in [2.05, 4.69) is 15.9 Å². The van der Waals surface area contributed by atoms with E-state index in [1.807, 2.05) is 31.2 Å². The molecule has 0 radical (unpaired) electrons. The van der Waals surface area contributed by atoms with Crippen molar-refractivity contribution in [2.24, 2.45) is 0 Å². The minimum Gasteiger partial charge on any atom is -0.486 e. The molecule has 0 bridgehead atoms. The van der Waals surface area contributed by atoms with E-state index in [0.29, 0.717) is 5.75 Å². The predicted molar refractivity (Wildman–Crippen MR) is 74.6 cm³/mol. The molecule has 0 fully saturated rings. The summed E-state index contributed by atoms with van der Waals surface area (Å²) >= 11 is 3.34. The maximum Gasteiger partial charge on any atom is 0.416 e. The molecule has 0 spiro atoms. The Morgan fingerprint density at radius 2 is 1.50 bits per heavy atom. The number of hydrogen-bond acceptors (Lipinski definition) is 1. The van der Waals surface area contributed by atoms with Crippen molar-refractivity contribution >= 4 is 15.9 Å². The summed E-state index contributed by atoms with van der Waals surface area (Å²) in [7, 11) is 0. The van der Waals surface area contributed by atoms with Gasteiger partial charge >= 0.3 is 6.18 Å². The van der Waals surface area contributed by atoms with Crippen molar-refractivity contribution in [2.75, 3.05) is 0 Å². The van der Waals surface area contributed by atoms with Gasteiger partial charge in [-0.15, -0.1) is 0 Å². The van der Waals surface area contributed by atoms with Gasteiger partial charge in [-0.1, -0.05) is 28.1 Å². The van der Waals surface area contributed by atoms with Gasteiger partial charge in [0.2, 0.25) is 0 Å². The zero-order valence-corrected chi connectivity index (χ0v) is 12.2. The molecule has 106 valence electrons. The third-order valence-corrected chi connectivity index (χ3v) is 3.36. The van der Waals surface area contributed by atoms with E-state index in [0.717, 1.165) is 22.2 Å². The van der Waals surface area contributed by atoms with Gasteiger partial charge in [0, 0.05) is 4.47 Å². The zero-order chi connectivity index (χ0) is 14.8. The van der Waals surface area contributed by atoms with Crippen molar-refractivity contribution in [1.29, 1.82) is 0 Å². The molecule has 20 heavy (non-hydrogen) atoms. The first-order valence-electron chi connectivity index (χ1n) is 5.95. The fraction of sp³-hybridized carbons (Fsp3) is 0.200. The summed E-state index contributed by atoms with van der Waals surface area (Å²) in [5.74, 6) is 0.411. The maximum atomic E-state index is 12.4. The SMILES string of the molecule is CC(Oc1ccc(C(F)(F)F)cc1)c1ccc(Br)cc1. The summed E-state index contributed by atoms with van der Waals surface area (Å²) < 4.78 is 43.9. The van der Waals surface area contributed by atoms with Crippen LogP contribution < -0.4 is 4.74 Å². The van der Waals surface area contributed by atoms with Crippen LogP contribution >= 0.6 is 15.9 Å². The van der Waals surface area contributed by atoms with E-state index in [4.69, 9.17) is 4.74 Å². The lowest BCUT2D eigenvalue weighted by molar-refractivity contribution is -0.137. The molecule has 0 N–H and O–H groups in total. The van der Waals surface area contributed by atoms with Crippen LogP contribution in [0.2, 0.25) is 0 Å². The second-order valence-corrected chi connectivity index (χ2v) is 5.25. The number of alkyl halides is 3. The van der Waals surface area contributed by atoms with Crippen molar-refractivity contribution in [1.82, 2.24) is 0 Å². The van der Waals surface area contributed by atoms with E-state index in [1.165, 1.54) is 12.1 Å². The number of ether oxygens (including phenoxy) is 1. The van der Waals surface area contributed by atoms with Gasteiger partial charge in [-0.25, -0.2) is 0 Å². The third kappa shape index (κ3) is 3.76. The van der Waals surface area contributed by atoms with Crippen LogP contribution in [-0.4, -0.2) is 0 Å². The van der Waals surface area contributed by atoms with Crippen LogP contribution in [0.15, 0.2) is 53.0 Å². The highest BCUT2D eigenvalue weighted by molar-refractivity contribution is 9.10. The monoisotopic (exact) mass is 344 g/mol. The zero-order valence-electron chi connectivity index (χ0n) is 10.6. The lowest BCUT2D eigenvalue weighted by atomic mass is 10.1. The minimum atomic E-state index is -4.32. The van der Waals surface area contributed by atoms with Crippen LogP contribution in [0, 0.1) is 0 Å². The van der Waals surface area contributed by atoms with Gasteiger partial charge < -0.3 is 4.74 Å². The highest BCUT2D eigenvalue weighted by Crippen LogP contribution is 2.31. The highest BCUT2D eigenvalue weighted by atomic mass is 79.9. The van der Waals surface area contributed by atoms with Gasteiger partial charge in [0.1, 0.15) is 11.9 Å². The number of halogens is 4. The van der Waals surface area contributed by atoms with Crippen LogP contribution in [0.5, 0.6) is 5.75 Å². The Kier molecular flexibility index (Phi) is 4.38. The Hall–Kier alpha value is -1.49. The normalized spacial score (nSPS) is 13.1. The average Bonchev–Trinajstić information content (AvgIpc) is 2.39. The molecule has 0 saturated heterocycles. The highest BCUT2D eigenvalue weighted by Gasteiger charge is 2.30. The standard InChI is InChI=1S/C15H12BrF3O/c1-10(11-2-6-13(16)7-3-11)20-14-8-4-12(5-9-14)15(17,18)19/h2-10H,1H3. The Labute approximate surface area is 123 Å². The van der Waals surface area contributed by atoms with E-state index in [-0.39, 0.29) is 6.10 Å². The maximum absolute atomic E-state index is 12.4. The molecule has 0 heterocycles. The molecule has 0 amide bonds. The molecule has 2 aromatic rings. The van der Waals surface area contributed by atoms with E-state index in [9.17, 15) is 13.2 Å². The summed E-state index contributed by atoms with van der Waals surface area (Å²) in [5, 5.41) is 0. The molecule has 0 aromatic heterocycles. The van der Waals surface area contributed by atoms with Crippen molar-refractivity contribution in [3.05, 3.63) is 64.1 Å². The first kappa shape index (κ1) is 14.9. The largest absolute Gasteiger partial charge is 0.486 e. The Morgan fingerprint density at radius 1 is 0.950 bits per heavy atom. The van der Waals surface area contributed by atoms with E-state index in [1.54, 1.807) is 0 Å². The molecule has 1 unspecified atom stereocenters. The smallest absolute Gasteiger partial charge is 0.416 e. The van der Waals surface area contributed by atoms with Gasteiger partial charge in [-0.3, -0.25) is 0 Å². The van der Waals surface area contributed by atoms with Crippen molar-refractivity contribution in [3.8, 4) is 5.75 Å². The number of rotatable bonds is 3. The van der Waals surface area contributed by atoms with Gasteiger partial charge in [0.15, 0.2) is 0 Å². The third-order valence-electron chi connectivity index (χ3n) is 2.83. The molecular weight excluding hydrogens is 333 g/mol. The van der Waals surface area contributed by atoms with Gasteiger partial charge in [0.05, 0.1) is 5.56 Å². The minimum absolute atomic E-state index is 0.236. The van der Waals surface area contributed by atoms with Crippen LogP contribution in [0.25, 0.3) is 0 Å². The summed E-state index contributed by atoms with van der Waals surface area (Å²) in [4.78, 5) is 0. The van der Waals surface area contributed by atoms with Crippen LogP contribution in [0.3, 0.4) is 0 Å². The average molecular weight is 345 g/mol. The molecule has 0 aliphatic carbocycles. The lowest BCUT2D eigenvalue weighted by Gasteiger charge is -2.16. The summed E-state index contributed by atoms with van der Waals surface area (Å²) in [6.07, 6.45) is -4.56. The predicted octanol–water partition coefficient (Wildman–Crippen LogP) is 5.61. The molecule has 5 heteroatoms. The molecule has 0 aliphatic rings. The van der Waals surface area contributed by atoms with Crippen LogP contribution in [-0.2, 0) is 6.18 Å². The first-order chi connectivity index (χ1) is 9.36. The van der Waals surface area contributed by atoms with Gasteiger partial charge in [-0.2, -0.15) is 13.2 Å². The summed E-state index contributed by atoms with van der Waals surface area (Å²) in [6, 6.07) is 12.3. The summed E-state index contributed by atoms with van der Waals surface area (Å²) in [6.45, 7) is 1.85. The van der Waals surface area contributed by atoms with Crippen molar-refractivity contribution < 1.29 is 17.9 Å². The van der Waals surface area contributed by atoms with Crippen LogP contribution in [0.1, 0.15) is 24.2 Å². The van der Waals surface area contributed by atoms with Crippen molar-refractivity contribution in [3.63, 3.8) is 0 Å². The Morgan fingerprint density at radius 3 is 2.00 bits per heavy atom. The fourth-order valence-electron chi connectivity index (χ4n) is 1.73.